The van der Waals surface area contributed by atoms with Crippen molar-refractivity contribution in [2.45, 2.75) is 31.2 Å². The Balaban J connectivity index is 1.59. The number of hydrogen-bond donors (Lipinski definition) is 1. The second-order valence-corrected chi connectivity index (χ2v) is 6.76. The van der Waals surface area contributed by atoms with E-state index >= 15 is 0 Å². The van der Waals surface area contributed by atoms with Gasteiger partial charge in [0.25, 0.3) is 11.1 Å². The van der Waals surface area contributed by atoms with Crippen LogP contribution in [0.4, 0.5) is 5.69 Å². The van der Waals surface area contributed by atoms with Gasteiger partial charge in [0.2, 0.25) is 5.91 Å². The van der Waals surface area contributed by atoms with Gasteiger partial charge in [0, 0.05) is 5.69 Å². The highest BCUT2D eigenvalue weighted by molar-refractivity contribution is 8.00. The molecule has 0 fully saturated rings. The number of aromatic nitrogens is 2. The van der Waals surface area contributed by atoms with Crippen molar-refractivity contribution in [1.29, 1.82) is 0 Å². The van der Waals surface area contributed by atoms with Crippen molar-refractivity contribution in [2.75, 3.05) is 11.9 Å². The molecule has 0 saturated carbocycles. The first-order valence-electron chi connectivity index (χ1n) is 8.15. The molecule has 3 aromatic rings. The van der Waals surface area contributed by atoms with Gasteiger partial charge in [0.15, 0.2) is 0 Å². The molecular formula is C18H19N3O4S. The van der Waals surface area contributed by atoms with Crippen molar-refractivity contribution < 1.29 is 18.4 Å². The molecule has 0 saturated heterocycles. The number of furan rings is 1. The third kappa shape index (κ3) is 4.26. The number of nitrogens with one attached hydrogen (secondary N) is 1. The molecule has 2 heterocycles. The SMILES string of the molecule is CCOc1ccc(NC(=O)[C@H](C)Sc2nnc(-c3ccoc3C)o2)cc1. The van der Waals surface area contributed by atoms with Gasteiger partial charge in [-0.25, -0.2) is 0 Å². The van der Waals surface area contributed by atoms with Crippen LogP contribution in [-0.2, 0) is 4.79 Å². The molecule has 0 radical (unpaired) electrons. The predicted molar refractivity (Wildman–Crippen MR) is 98.3 cm³/mol. The summed E-state index contributed by atoms with van der Waals surface area (Å²) in [6.45, 7) is 6.12. The van der Waals surface area contributed by atoms with Crippen molar-refractivity contribution >= 4 is 23.4 Å². The zero-order valence-corrected chi connectivity index (χ0v) is 15.5. The van der Waals surface area contributed by atoms with Crippen LogP contribution in [0.25, 0.3) is 11.5 Å². The average molecular weight is 373 g/mol. The molecule has 1 aromatic carbocycles. The van der Waals surface area contributed by atoms with Crippen LogP contribution in [0, 0.1) is 6.92 Å². The van der Waals surface area contributed by atoms with Crippen LogP contribution in [0.3, 0.4) is 0 Å². The molecule has 0 unspecified atom stereocenters. The van der Waals surface area contributed by atoms with Gasteiger partial charge in [0.1, 0.15) is 11.5 Å². The Morgan fingerprint density at radius 2 is 2.04 bits per heavy atom. The molecule has 26 heavy (non-hydrogen) atoms. The Labute approximate surface area is 155 Å². The molecule has 7 nitrogen and oxygen atoms in total. The number of aryl methyl sites for hydroxylation is 1. The molecular weight excluding hydrogens is 354 g/mol. The molecule has 2 aromatic heterocycles. The molecule has 1 amide bonds. The number of carbonyl (C=O) groups excluding carboxylic acids is 1. The number of carbonyl (C=O) groups is 1. The predicted octanol–water partition coefficient (Wildman–Crippen LogP) is 4.16. The van der Waals surface area contributed by atoms with Crippen LogP contribution in [-0.4, -0.2) is 28.0 Å². The quantitative estimate of drug-likeness (QED) is 0.622. The van der Waals surface area contributed by atoms with Gasteiger partial charge >= 0.3 is 0 Å². The van der Waals surface area contributed by atoms with Crippen molar-refractivity contribution in [3.63, 3.8) is 0 Å². The van der Waals surface area contributed by atoms with E-state index in [0.717, 1.165) is 11.3 Å². The van der Waals surface area contributed by atoms with Gasteiger partial charge in [0.05, 0.1) is 23.7 Å². The monoisotopic (exact) mass is 373 g/mol. The zero-order valence-electron chi connectivity index (χ0n) is 14.7. The molecule has 8 heteroatoms. The second kappa shape index (κ2) is 8.09. The van der Waals surface area contributed by atoms with E-state index in [1.807, 2.05) is 26.0 Å². The standard InChI is InChI=1S/C18H19N3O4S/c1-4-23-14-7-5-13(6-8-14)19-16(22)12(3)26-18-21-20-17(25-18)15-9-10-24-11(15)2/h5-10,12H,4H2,1-3H3,(H,19,22)/t12-/m0/s1. The van der Waals surface area contributed by atoms with Crippen molar-refractivity contribution in [3.8, 4) is 17.2 Å². The Hall–Kier alpha value is -2.74. The van der Waals surface area contributed by atoms with Gasteiger partial charge in [-0.05, 0) is 51.1 Å². The van der Waals surface area contributed by atoms with Crippen LogP contribution in [0.5, 0.6) is 5.75 Å². The first-order chi connectivity index (χ1) is 12.6. The van der Waals surface area contributed by atoms with Crippen molar-refractivity contribution in [1.82, 2.24) is 10.2 Å². The van der Waals surface area contributed by atoms with E-state index < -0.39 is 5.25 Å². The van der Waals surface area contributed by atoms with Gasteiger partial charge < -0.3 is 18.9 Å². The smallest absolute Gasteiger partial charge is 0.277 e. The van der Waals surface area contributed by atoms with Crippen LogP contribution >= 0.6 is 11.8 Å². The average Bonchev–Trinajstić information content (AvgIpc) is 3.25. The summed E-state index contributed by atoms with van der Waals surface area (Å²) in [5.41, 5.74) is 1.45. The number of hydrogen-bond acceptors (Lipinski definition) is 7. The maximum absolute atomic E-state index is 12.3. The lowest BCUT2D eigenvalue weighted by atomic mass is 10.3. The van der Waals surface area contributed by atoms with E-state index in [4.69, 9.17) is 13.6 Å². The summed E-state index contributed by atoms with van der Waals surface area (Å²) in [4.78, 5) is 12.3. The molecule has 0 spiro atoms. The van der Waals surface area contributed by atoms with Crippen molar-refractivity contribution in [2.24, 2.45) is 0 Å². The lowest BCUT2D eigenvalue weighted by Crippen LogP contribution is -2.22. The summed E-state index contributed by atoms with van der Waals surface area (Å²) >= 11 is 1.20. The number of rotatable bonds is 7. The van der Waals surface area contributed by atoms with E-state index in [1.54, 1.807) is 31.4 Å². The normalized spacial score (nSPS) is 12.0. The second-order valence-electron chi connectivity index (χ2n) is 5.47. The topological polar surface area (TPSA) is 90.4 Å². The van der Waals surface area contributed by atoms with Crippen LogP contribution in [0.1, 0.15) is 19.6 Å². The summed E-state index contributed by atoms with van der Waals surface area (Å²) in [5.74, 6) is 1.68. The first kappa shape index (κ1) is 18.1. The fourth-order valence-electron chi connectivity index (χ4n) is 2.22. The summed E-state index contributed by atoms with van der Waals surface area (Å²) in [6, 6.07) is 8.99. The van der Waals surface area contributed by atoms with E-state index in [2.05, 4.69) is 15.5 Å². The van der Waals surface area contributed by atoms with Crippen LogP contribution in [0.15, 0.2) is 50.7 Å². The molecule has 136 valence electrons. The van der Waals surface area contributed by atoms with E-state index in [1.165, 1.54) is 11.8 Å². The van der Waals surface area contributed by atoms with Crippen LogP contribution < -0.4 is 10.1 Å². The van der Waals surface area contributed by atoms with Crippen molar-refractivity contribution in [3.05, 3.63) is 42.4 Å². The Morgan fingerprint density at radius 1 is 1.27 bits per heavy atom. The van der Waals surface area contributed by atoms with Gasteiger partial charge in [-0.2, -0.15) is 0 Å². The minimum atomic E-state index is -0.402. The maximum atomic E-state index is 12.3. The van der Waals surface area contributed by atoms with Gasteiger partial charge in [-0.15, -0.1) is 10.2 Å². The number of amides is 1. The number of nitrogens with zero attached hydrogens (tertiary/aromatic N) is 2. The summed E-state index contributed by atoms with van der Waals surface area (Å²) in [6.07, 6.45) is 1.56. The van der Waals surface area contributed by atoms with E-state index in [-0.39, 0.29) is 5.91 Å². The molecule has 0 aliphatic rings. The highest BCUT2D eigenvalue weighted by Crippen LogP contribution is 2.28. The Kier molecular flexibility index (Phi) is 5.62. The number of anilines is 1. The zero-order chi connectivity index (χ0) is 18.5. The highest BCUT2D eigenvalue weighted by Gasteiger charge is 2.20. The van der Waals surface area contributed by atoms with Crippen LogP contribution in [0.2, 0.25) is 0 Å². The molecule has 0 aliphatic heterocycles. The van der Waals surface area contributed by atoms with E-state index in [9.17, 15) is 4.79 Å². The molecule has 1 N–H and O–H groups in total. The summed E-state index contributed by atoms with van der Waals surface area (Å²) in [7, 11) is 0. The lowest BCUT2D eigenvalue weighted by molar-refractivity contribution is -0.115. The summed E-state index contributed by atoms with van der Waals surface area (Å²) in [5, 5.41) is 10.8. The largest absolute Gasteiger partial charge is 0.494 e. The number of thioether (sulfide) groups is 1. The van der Waals surface area contributed by atoms with Gasteiger partial charge in [-0.3, -0.25) is 4.79 Å². The fourth-order valence-corrected chi connectivity index (χ4v) is 2.91. The highest BCUT2D eigenvalue weighted by atomic mass is 32.2. The van der Waals surface area contributed by atoms with Gasteiger partial charge in [-0.1, -0.05) is 11.8 Å². The maximum Gasteiger partial charge on any atom is 0.277 e. The minimum absolute atomic E-state index is 0.154. The molecule has 0 bridgehead atoms. The fraction of sp³-hybridized carbons (Fsp3) is 0.278. The molecule has 0 aliphatic carbocycles. The third-order valence-electron chi connectivity index (χ3n) is 3.58. The Bertz CT molecular complexity index is 873. The summed E-state index contributed by atoms with van der Waals surface area (Å²) < 4.78 is 16.2. The number of ether oxygens (including phenoxy) is 1. The lowest BCUT2D eigenvalue weighted by Gasteiger charge is -2.10. The number of benzene rings is 1. The molecule has 1 atom stereocenters. The Morgan fingerprint density at radius 3 is 2.69 bits per heavy atom. The van der Waals surface area contributed by atoms with E-state index in [0.29, 0.717) is 29.2 Å². The molecule has 3 rings (SSSR count). The minimum Gasteiger partial charge on any atom is -0.494 e. The third-order valence-corrected chi connectivity index (χ3v) is 4.51. The first-order valence-corrected chi connectivity index (χ1v) is 9.03.